The summed E-state index contributed by atoms with van der Waals surface area (Å²) in [6.45, 7) is 5.31. The van der Waals surface area contributed by atoms with Gasteiger partial charge in [-0.3, -0.25) is 9.63 Å². The fourth-order valence-corrected chi connectivity index (χ4v) is 1.74. The summed E-state index contributed by atoms with van der Waals surface area (Å²) in [4.78, 5) is 17.1. The number of hydrogen-bond acceptors (Lipinski definition) is 3. The fourth-order valence-electron chi connectivity index (χ4n) is 1.11. The Morgan fingerprint density at radius 3 is 2.50 bits per heavy atom. The minimum atomic E-state index is -2.57. The number of carbonyl (C=O) groups is 1. The molecule has 0 unspecified atom stereocenters. The van der Waals surface area contributed by atoms with Crippen LogP contribution in [0.4, 0.5) is 8.78 Å². The molecule has 0 radical (unpaired) electrons. The van der Waals surface area contributed by atoms with Crippen molar-refractivity contribution in [2.24, 2.45) is 0 Å². The highest BCUT2D eigenvalue weighted by Gasteiger charge is 2.18. The number of carbonyl (C=O) groups excluding carboxylic acids is 1. The molecule has 0 aliphatic carbocycles. The van der Waals surface area contributed by atoms with E-state index < -0.39 is 17.3 Å². The lowest BCUT2D eigenvalue weighted by molar-refractivity contribution is -0.0590. The molecule has 100 valence electrons. The van der Waals surface area contributed by atoms with Gasteiger partial charge in [0.2, 0.25) is 0 Å². The predicted molar refractivity (Wildman–Crippen MR) is 66.6 cm³/mol. The average Bonchev–Trinajstić information content (AvgIpc) is 2.25. The van der Waals surface area contributed by atoms with E-state index in [9.17, 15) is 13.6 Å². The summed E-state index contributed by atoms with van der Waals surface area (Å²) < 4.78 is 24.7. The fraction of sp³-hybridized carbons (Fsp3) is 0.417. The zero-order valence-corrected chi connectivity index (χ0v) is 11.2. The van der Waals surface area contributed by atoms with Gasteiger partial charge in [0.1, 0.15) is 0 Å². The summed E-state index contributed by atoms with van der Waals surface area (Å²) in [7, 11) is 0. The van der Waals surface area contributed by atoms with E-state index in [1.54, 1.807) is 32.9 Å². The van der Waals surface area contributed by atoms with Gasteiger partial charge in [-0.1, -0.05) is 23.9 Å². The maximum atomic E-state index is 12.3. The number of hydrogen-bond donors (Lipinski definition) is 1. The molecule has 1 amide bonds. The van der Waals surface area contributed by atoms with E-state index in [4.69, 9.17) is 4.84 Å². The summed E-state index contributed by atoms with van der Waals surface area (Å²) >= 11 is 0.337. The number of hydroxylamine groups is 1. The number of alkyl halides is 2. The Hall–Kier alpha value is -1.14. The minimum Gasteiger partial charge on any atom is -0.268 e. The Morgan fingerprint density at radius 2 is 1.94 bits per heavy atom. The first-order chi connectivity index (χ1) is 8.29. The minimum absolute atomic E-state index is 0.173. The molecule has 1 aromatic rings. The molecule has 3 nitrogen and oxygen atoms in total. The van der Waals surface area contributed by atoms with Crippen LogP contribution >= 0.6 is 11.8 Å². The quantitative estimate of drug-likeness (QED) is 0.675. The zero-order valence-electron chi connectivity index (χ0n) is 10.4. The van der Waals surface area contributed by atoms with Crippen molar-refractivity contribution in [1.29, 1.82) is 0 Å². The van der Waals surface area contributed by atoms with Gasteiger partial charge in [0.05, 0.1) is 11.2 Å². The van der Waals surface area contributed by atoms with Crippen LogP contribution in [0, 0.1) is 0 Å². The Balaban J connectivity index is 2.79. The molecular formula is C12H15F2NO2S. The van der Waals surface area contributed by atoms with E-state index in [-0.39, 0.29) is 10.5 Å². The molecule has 0 fully saturated rings. The van der Waals surface area contributed by atoms with Gasteiger partial charge in [0.25, 0.3) is 11.7 Å². The second-order valence-corrected chi connectivity index (χ2v) is 5.55. The normalized spacial score (nSPS) is 11.7. The lowest BCUT2D eigenvalue weighted by atomic mass is 10.2. The molecule has 1 aromatic carbocycles. The number of thioether (sulfide) groups is 1. The molecule has 18 heavy (non-hydrogen) atoms. The molecular weight excluding hydrogens is 260 g/mol. The molecule has 0 atom stereocenters. The summed E-state index contributed by atoms with van der Waals surface area (Å²) in [5.74, 6) is -3.10. The Morgan fingerprint density at radius 1 is 1.33 bits per heavy atom. The van der Waals surface area contributed by atoms with Crippen LogP contribution in [0.15, 0.2) is 29.2 Å². The van der Waals surface area contributed by atoms with Gasteiger partial charge in [-0.15, -0.1) is 0 Å². The number of nitrogens with one attached hydrogen (secondary N) is 1. The summed E-state index contributed by atoms with van der Waals surface area (Å²) in [6.07, 6.45) is 0. The molecule has 1 rings (SSSR count). The van der Waals surface area contributed by atoms with Crippen LogP contribution in [-0.4, -0.2) is 17.3 Å². The van der Waals surface area contributed by atoms with E-state index in [0.717, 1.165) is 0 Å². The first-order valence-corrected chi connectivity index (χ1v) is 6.20. The van der Waals surface area contributed by atoms with E-state index >= 15 is 0 Å². The van der Waals surface area contributed by atoms with Gasteiger partial charge in [0, 0.05) is 4.90 Å². The number of halogens is 2. The first kappa shape index (κ1) is 14.9. The number of benzene rings is 1. The monoisotopic (exact) mass is 275 g/mol. The summed E-state index contributed by atoms with van der Waals surface area (Å²) in [5.41, 5.74) is 1.89. The molecule has 0 heterocycles. The highest BCUT2D eigenvalue weighted by molar-refractivity contribution is 7.99. The third kappa shape index (κ3) is 5.01. The second-order valence-electron chi connectivity index (χ2n) is 4.52. The molecule has 0 aliphatic heterocycles. The van der Waals surface area contributed by atoms with Crippen LogP contribution in [-0.2, 0) is 4.84 Å². The van der Waals surface area contributed by atoms with Crippen LogP contribution in [0.3, 0.4) is 0 Å². The topological polar surface area (TPSA) is 38.3 Å². The van der Waals surface area contributed by atoms with Gasteiger partial charge in [-0.2, -0.15) is 8.78 Å². The van der Waals surface area contributed by atoms with Crippen molar-refractivity contribution in [3.63, 3.8) is 0 Å². The molecule has 0 saturated heterocycles. The SMILES string of the molecule is CC(C)(C)ONC(=O)c1ccccc1SC(F)F. The average molecular weight is 275 g/mol. The lowest BCUT2D eigenvalue weighted by Crippen LogP contribution is -2.33. The van der Waals surface area contributed by atoms with Crippen molar-refractivity contribution in [3.05, 3.63) is 29.8 Å². The predicted octanol–water partition coefficient (Wildman–Crippen LogP) is 3.46. The number of amides is 1. The van der Waals surface area contributed by atoms with Gasteiger partial charge in [-0.25, -0.2) is 5.48 Å². The maximum Gasteiger partial charge on any atom is 0.288 e. The van der Waals surface area contributed by atoms with E-state index in [1.807, 2.05) is 0 Å². The molecule has 0 bridgehead atoms. The summed E-state index contributed by atoms with van der Waals surface area (Å²) in [5, 5.41) is 0. The van der Waals surface area contributed by atoms with Crippen LogP contribution in [0.5, 0.6) is 0 Å². The third-order valence-corrected chi connectivity index (χ3v) is 2.59. The Kier molecular flexibility index (Phi) is 5.10. The van der Waals surface area contributed by atoms with Crippen molar-refractivity contribution in [3.8, 4) is 0 Å². The first-order valence-electron chi connectivity index (χ1n) is 5.32. The van der Waals surface area contributed by atoms with Crippen molar-refractivity contribution in [2.45, 2.75) is 37.0 Å². The van der Waals surface area contributed by atoms with Gasteiger partial charge in [-0.05, 0) is 32.9 Å². The summed E-state index contributed by atoms with van der Waals surface area (Å²) in [6, 6.07) is 6.17. The van der Waals surface area contributed by atoms with Crippen LogP contribution in [0.2, 0.25) is 0 Å². The van der Waals surface area contributed by atoms with E-state index in [0.29, 0.717) is 11.8 Å². The van der Waals surface area contributed by atoms with Gasteiger partial charge >= 0.3 is 0 Å². The zero-order chi connectivity index (χ0) is 13.8. The molecule has 0 aliphatic rings. The third-order valence-electron chi connectivity index (χ3n) is 1.80. The number of rotatable bonds is 4. The van der Waals surface area contributed by atoms with Gasteiger partial charge < -0.3 is 0 Å². The lowest BCUT2D eigenvalue weighted by Gasteiger charge is -2.19. The molecule has 0 aromatic heterocycles. The smallest absolute Gasteiger partial charge is 0.268 e. The standard InChI is InChI=1S/C12H15F2NO2S/c1-12(2,3)17-15-10(16)8-6-4-5-7-9(8)18-11(13)14/h4-7,11H,1-3H3,(H,15,16). The molecule has 6 heteroatoms. The van der Waals surface area contributed by atoms with Crippen LogP contribution < -0.4 is 5.48 Å². The second kappa shape index (κ2) is 6.15. The Bertz CT molecular complexity index is 419. The molecule has 0 saturated carbocycles. The van der Waals surface area contributed by atoms with Crippen molar-refractivity contribution >= 4 is 17.7 Å². The Labute approximate surface area is 109 Å². The highest BCUT2D eigenvalue weighted by Crippen LogP contribution is 2.28. The molecule has 0 spiro atoms. The maximum absolute atomic E-state index is 12.3. The van der Waals surface area contributed by atoms with Crippen LogP contribution in [0.1, 0.15) is 31.1 Å². The van der Waals surface area contributed by atoms with Crippen molar-refractivity contribution < 1.29 is 18.4 Å². The van der Waals surface area contributed by atoms with Crippen molar-refractivity contribution in [1.82, 2.24) is 5.48 Å². The van der Waals surface area contributed by atoms with Crippen LogP contribution in [0.25, 0.3) is 0 Å². The van der Waals surface area contributed by atoms with E-state index in [2.05, 4.69) is 5.48 Å². The van der Waals surface area contributed by atoms with Crippen molar-refractivity contribution in [2.75, 3.05) is 0 Å². The highest BCUT2D eigenvalue weighted by atomic mass is 32.2. The largest absolute Gasteiger partial charge is 0.288 e. The van der Waals surface area contributed by atoms with Gasteiger partial charge in [0.15, 0.2) is 0 Å². The van der Waals surface area contributed by atoms with E-state index in [1.165, 1.54) is 12.1 Å². The molecule has 1 N–H and O–H groups in total.